The van der Waals surface area contributed by atoms with Crippen LogP contribution in [0.25, 0.3) is 11.1 Å². The van der Waals surface area contributed by atoms with Crippen molar-refractivity contribution >= 4 is 21.7 Å². The maximum absolute atomic E-state index is 5.80. The van der Waals surface area contributed by atoms with Gasteiger partial charge in [0.25, 0.3) is 0 Å². The van der Waals surface area contributed by atoms with Gasteiger partial charge < -0.3 is 10.5 Å². The number of hydrogen-bond acceptors (Lipinski definition) is 4. The summed E-state index contributed by atoms with van der Waals surface area (Å²) in [6, 6.07) is 3.80. The lowest BCUT2D eigenvalue weighted by molar-refractivity contribution is 0.398. The number of anilines is 1. The zero-order valence-corrected chi connectivity index (χ0v) is 11.9. The van der Waals surface area contributed by atoms with E-state index in [1.165, 1.54) is 0 Å². The van der Waals surface area contributed by atoms with Crippen LogP contribution in [0.15, 0.2) is 29.0 Å². The third-order valence-electron chi connectivity index (χ3n) is 2.76. The van der Waals surface area contributed by atoms with Crippen molar-refractivity contribution in [1.82, 2.24) is 9.97 Å². The summed E-state index contributed by atoms with van der Waals surface area (Å²) in [5.74, 6) is 1.11. The summed E-state index contributed by atoms with van der Waals surface area (Å²) in [5.41, 5.74) is 8.97. The van der Waals surface area contributed by atoms with E-state index in [9.17, 15) is 0 Å². The van der Waals surface area contributed by atoms with Crippen molar-refractivity contribution in [2.45, 2.75) is 13.3 Å². The van der Waals surface area contributed by atoms with Crippen LogP contribution in [-0.4, -0.2) is 17.1 Å². The number of methoxy groups -OCH3 is 1. The largest absolute Gasteiger partial charge is 0.481 e. The minimum atomic E-state index is 0.511. The van der Waals surface area contributed by atoms with Crippen LogP contribution in [0.2, 0.25) is 0 Å². The van der Waals surface area contributed by atoms with Crippen LogP contribution < -0.4 is 10.5 Å². The summed E-state index contributed by atoms with van der Waals surface area (Å²) in [6.07, 6.45) is 4.43. The van der Waals surface area contributed by atoms with E-state index in [0.29, 0.717) is 11.7 Å². The van der Waals surface area contributed by atoms with Gasteiger partial charge in [-0.05, 0) is 34.0 Å². The Balaban J connectivity index is 2.52. The molecule has 0 bridgehead atoms. The molecular formula is C13H14BrN3O. The van der Waals surface area contributed by atoms with Gasteiger partial charge in [-0.25, -0.2) is 9.97 Å². The second-order valence-electron chi connectivity index (χ2n) is 3.79. The molecule has 0 fully saturated rings. The first-order valence-corrected chi connectivity index (χ1v) is 6.40. The molecule has 2 N–H and O–H groups in total. The third kappa shape index (κ3) is 2.31. The normalized spacial score (nSPS) is 10.4. The Morgan fingerprint density at radius 3 is 2.61 bits per heavy atom. The lowest BCUT2D eigenvalue weighted by atomic mass is 10.0. The van der Waals surface area contributed by atoms with Crippen LogP contribution in [0.4, 0.5) is 5.82 Å². The molecule has 2 aromatic rings. The molecule has 2 aromatic heterocycles. The molecular weight excluding hydrogens is 294 g/mol. The van der Waals surface area contributed by atoms with Crippen LogP contribution >= 0.6 is 15.9 Å². The van der Waals surface area contributed by atoms with Gasteiger partial charge in [0.15, 0.2) is 0 Å². The molecule has 0 spiro atoms. The van der Waals surface area contributed by atoms with Crippen molar-refractivity contribution in [3.05, 3.63) is 34.6 Å². The van der Waals surface area contributed by atoms with E-state index in [4.69, 9.17) is 10.5 Å². The lowest BCUT2D eigenvalue weighted by Crippen LogP contribution is -1.98. The quantitative estimate of drug-likeness (QED) is 0.946. The Morgan fingerprint density at radius 2 is 2.06 bits per heavy atom. The highest BCUT2D eigenvalue weighted by Crippen LogP contribution is 2.32. The van der Waals surface area contributed by atoms with Gasteiger partial charge in [-0.1, -0.05) is 6.92 Å². The second-order valence-corrected chi connectivity index (χ2v) is 4.59. The highest BCUT2D eigenvalue weighted by atomic mass is 79.9. The molecule has 0 aliphatic heterocycles. The highest BCUT2D eigenvalue weighted by Gasteiger charge is 2.11. The molecule has 4 nitrogen and oxygen atoms in total. The smallest absolute Gasteiger partial charge is 0.212 e. The van der Waals surface area contributed by atoms with Gasteiger partial charge in [-0.15, -0.1) is 0 Å². The average molecular weight is 308 g/mol. The number of hydrogen-bond donors (Lipinski definition) is 1. The summed E-state index contributed by atoms with van der Waals surface area (Å²) in [5, 5.41) is 0. The molecule has 0 aliphatic carbocycles. The monoisotopic (exact) mass is 307 g/mol. The van der Waals surface area contributed by atoms with E-state index < -0.39 is 0 Å². The summed E-state index contributed by atoms with van der Waals surface area (Å²) in [4.78, 5) is 8.38. The van der Waals surface area contributed by atoms with Crippen molar-refractivity contribution < 1.29 is 4.74 Å². The van der Waals surface area contributed by atoms with Crippen LogP contribution in [0, 0.1) is 0 Å². The maximum Gasteiger partial charge on any atom is 0.212 e. The summed E-state index contributed by atoms with van der Waals surface area (Å²) >= 11 is 3.48. The van der Waals surface area contributed by atoms with E-state index in [0.717, 1.165) is 27.6 Å². The fourth-order valence-corrected chi connectivity index (χ4v) is 2.39. The van der Waals surface area contributed by atoms with Gasteiger partial charge in [0.1, 0.15) is 5.82 Å². The van der Waals surface area contributed by atoms with E-state index in [2.05, 4.69) is 32.8 Å². The minimum Gasteiger partial charge on any atom is -0.481 e. The van der Waals surface area contributed by atoms with Crippen molar-refractivity contribution in [1.29, 1.82) is 0 Å². The molecule has 0 radical (unpaired) electrons. The standard InChI is InChI=1S/C13H14BrN3O/c1-3-9-10(7-17-13(15)12(9)14)8-4-5-11(18-2)16-6-8/h4-7H,3H2,1-2H3,(H2,15,17). The van der Waals surface area contributed by atoms with Crippen LogP contribution in [0.5, 0.6) is 5.88 Å². The zero-order valence-electron chi connectivity index (χ0n) is 10.3. The van der Waals surface area contributed by atoms with Crippen molar-refractivity contribution in [2.75, 3.05) is 12.8 Å². The van der Waals surface area contributed by atoms with Crippen molar-refractivity contribution in [3.8, 4) is 17.0 Å². The number of pyridine rings is 2. The average Bonchev–Trinajstić information content (AvgIpc) is 2.42. The Bertz CT molecular complexity index is 555. The molecule has 18 heavy (non-hydrogen) atoms. The molecule has 0 amide bonds. The first-order chi connectivity index (χ1) is 8.67. The van der Waals surface area contributed by atoms with Gasteiger partial charge in [-0.3, -0.25) is 0 Å². The van der Waals surface area contributed by atoms with E-state index in [-0.39, 0.29) is 0 Å². The first-order valence-electron chi connectivity index (χ1n) is 5.60. The summed E-state index contributed by atoms with van der Waals surface area (Å²) in [7, 11) is 1.60. The number of aromatic nitrogens is 2. The number of ether oxygens (including phenoxy) is 1. The fraction of sp³-hybridized carbons (Fsp3) is 0.231. The molecule has 2 rings (SSSR count). The Morgan fingerprint density at radius 1 is 1.28 bits per heavy atom. The van der Waals surface area contributed by atoms with Crippen molar-refractivity contribution in [3.63, 3.8) is 0 Å². The molecule has 5 heteroatoms. The van der Waals surface area contributed by atoms with E-state index >= 15 is 0 Å². The predicted octanol–water partition coefficient (Wildman–Crippen LogP) is 3.06. The Hall–Kier alpha value is -1.62. The highest BCUT2D eigenvalue weighted by molar-refractivity contribution is 9.10. The number of rotatable bonds is 3. The first kappa shape index (κ1) is 12.8. The molecule has 0 unspecified atom stereocenters. The van der Waals surface area contributed by atoms with Gasteiger partial charge in [0.05, 0.1) is 11.6 Å². The third-order valence-corrected chi connectivity index (χ3v) is 3.64. The minimum absolute atomic E-state index is 0.511. The molecule has 0 saturated heterocycles. The predicted molar refractivity (Wildman–Crippen MR) is 75.5 cm³/mol. The SMILES string of the molecule is CCc1c(-c2ccc(OC)nc2)cnc(N)c1Br. The van der Waals surface area contributed by atoms with Gasteiger partial charge in [0, 0.05) is 29.6 Å². The van der Waals surface area contributed by atoms with Crippen LogP contribution in [0.3, 0.4) is 0 Å². The number of halogens is 1. The van der Waals surface area contributed by atoms with E-state index in [1.54, 1.807) is 19.5 Å². The topological polar surface area (TPSA) is 61.0 Å². The molecule has 0 aliphatic rings. The van der Waals surface area contributed by atoms with Gasteiger partial charge >= 0.3 is 0 Å². The molecule has 0 saturated carbocycles. The number of nitrogens with zero attached hydrogens (tertiary/aromatic N) is 2. The molecule has 94 valence electrons. The molecule has 2 heterocycles. The lowest BCUT2D eigenvalue weighted by Gasteiger charge is -2.11. The molecule has 0 atom stereocenters. The fourth-order valence-electron chi connectivity index (χ4n) is 1.80. The van der Waals surface area contributed by atoms with Crippen molar-refractivity contribution in [2.24, 2.45) is 0 Å². The zero-order chi connectivity index (χ0) is 13.1. The van der Waals surface area contributed by atoms with Gasteiger partial charge in [-0.2, -0.15) is 0 Å². The Kier molecular flexibility index (Phi) is 3.81. The number of nitrogen functional groups attached to an aromatic ring is 1. The second kappa shape index (κ2) is 5.35. The van der Waals surface area contributed by atoms with E-state index in [1.807, 2.05) is 12.1 Å². The Labute approximate surface area is 114 Å². The summed E-state index contributed by atoms with van der Waals surface area (Å²) < 4.78 is 5.91. The van der Waals surface area contributed by atoms with Gasteiger partial charge in [0.2, 0.25) is 5.88 Å². The van der Waals surface area contributed by atoms with Crippen LogP contribution in [0.1, 0.15) is 12.5 Å². The summed E-state index contributed by atoms with van der Waals surface area (Å²) in [6.45, 7) is 2.08. The molecule has 0 aromatic carbocycles. The van der Waals surface area contributed by atoms with Crippen LogP contribution in [-0.2, 0) is 6.42 Å². The maximum atomic E-state index is 5.80. The number of nitrogens with two attached hydrogens (primary N) is 1.